The average Bonchev–Trinajstić information content (AvgIpc) is 3.63. The van der Waals surface area contributed by atoms with Crippen LogP contribution in [-0.2, 0) is 26.2 Å². The molecule has 0 spiro atoms. The van der Waals surface area contributed by atoms with Crippen molar-refractivity contribution in [2.24, 2.45) is 0 Å². The number of methoxy groups -OCH3 is 1. The van der Waals surface area contributed by atoms with Crippen molar-refractivity contribution >= 4 is 21.8 Å². The highest BCUT2D eigenvalue weighted by atomic mass is 32.2. The van der Waals surface area contributed by atoms with E-state index in [1.54, 1.807) is 24.0 Å². The van der Waals surface area contributed by atoms with Gasteiger partial charge in [0.25, 0.3) is 0 Å². The van der Waals surface area contributed by atoms with Crippen molar-refractivity contribution in [1.82, 2.24) is 14.5 Å². The largest absolute Gasteiger partial charge is 0.497 e. The van der Waals surface area contributed by atoms with Crippen LogP contribution in [-0.4, -0.2) is 61.2 Å². The highest BCUT2D eigenvalue weighted by Crippen LogP contribution is 2.37. The third kappa shape index (κ3) is 4.60. The van der Waals surface area contributed by atoms with Crippen LogP contribution in [0.15, 0.2) is 53.4 Å². The summed E-state index contributed by atoms with van der Waals surface area (Å²) in [4.78, 5) is 28.2. The van der Waals surface area contributed by atoms with Crippen LogP contribution in [0.2, 0.25) is 0 Å². The summed E-state index contributed by atoms with van der Waals surface area (Å²) >= 11 is 0. The molecule has 176 valence electrons. The number of nitrogens with one attached hydrogen (secondary N) is 1. The minimum Gasteiger partial charge on any atom is -0.497 e. The van der Waals surface area contributed by atoms with E-state index >= 15 is 0 Å². The molecule has 2 amide bonds. The second-order valence-electron chi connectivity index (χ2n) is 8.89. The van der Waals surface area contributed by atoms with Gasteiger partial charge in [0.05, 0.1) is 18.6 Å². The summed E-state index contributed by atoms with van der Waals surface area (Å²) in [6.07, 6.45) is 1.63. The molecule has 2 fully saturated rings. The predicted molar refractivity (Wildman–Crippen MR) is 123 cm³/mol. The first-order valence-corrected chi connectivity index (χ1v) is 12.4. The lowest BCUT2D eigenvalue weighted by Crippen LogP contribution is -2.70. The number of carbonyl (C=O) groups excluding carboxylic acids is 2. The summed E-state index contributed by atoms with van der Waals surface area (Å²) in [5, 5.41) is 2.92. The number of carbonyl (C=O) groups is 2. The summed E-state index contributed by atoms with van der Waals surface area (Å²) in [6.45, 7) is 3.55. The number of sulfonamides is 1. The van der Waals surface area contributed by atoms with Crippen LogP contribution in [0.1, 0.15) is 30.9 Å². The quantitative estimate of drug-likeness (QED) is 0.667. The van der Waals surface area contributed by atoms with Crippen molar-refractivity contribution in [3.63, 3.8) is 0 Å². The van der Waals surface area contributed by atoms with Crippen LogP contribution in [0.25, 0.3) is 0 Å². The first kappa shape index (κ1) is 23.3. The van der Waals surface area contributed by atoms with Crippen LogP contribution < -0.4 is 10.1 Å². The first-order valence-electron chi connectivity index (χ1n) is 11.0. The lowest BCUT2D eigenvalue weighted by atomic mass is 9.95. The molecule has 1 aliphatic heterocycles. The van der Waals surface area contributed by atoms with Crippen LogP contribution in [0, 0.1) is 6.92 Å². The van der Waals surface area contributed by atoms with E-state index in [9.17, 15) is 18.0 Å². The molecule has 1 N–H and O–H groups in total. The molecule has 8 nitrogen and oxygen atoms in total. The molecule has 1 heterocycles. The monoisotopic (exact) mass is 471 g/mol. The standard InChI is InChI=1S/C24H29N3O5S/c1-17-4-6-18(7-5-17)14-25-23(29)24(2)16-26(15-22(28)27(24)19-8-9-19)33(30,31)21-12-10-20(32-3)11-13-21/h4-7,10-13,19H,8-9,14-16H2,1-3H3,(H,25,29)/t24-/m0/s1. The van der Waals surface area contributed by atoms with E-state index in [0.717, 1.165) is 28.3 Å². The van der Waals surface area contributed by atoms with Gasteiger partial charge in [-0.3, -0.25) is 9.59 Å². The summed E-state index contributed by atoms with van der Waals surface area (Å²) in [6, 6.07) is 13.8. The molecule has 1 saturated carbocycles. The van der Waals surface area contributed by atoms with Gasteiger partial charge in [-0.2, -0.15) is 4.31 Å². The zero-order valence-electron chi connectivity index (χ0n) is 19.1. The van der Waals surface area contributed by atoms with Crippen LogP contribution in [0.3, 0.4) is 0 Å². The zero-order valence-corrected chi connectivity index (χ0v) is 19.9. The third-order valence-corrected chi connectivity index (χ3v) is 8.07. The van der Waals surface area contributed by atoms with Gasteiger partial charge in [0.1, 0.15) is 11.3 Å². The first-order chi connectivity index (χ1) is 15.6. The van der Waals surface area contributed by atoms with Gasteiger partial charge in [0, 0.05) is 19.1 Å². The molecule has 0 bridgehead atoms. The Labute approximate surface area is 194 Å². The molecule has 0 aromatic heterocycles. The van der Waals surface area contributed by atoms with Crippen LogP contribution in [0.5, 0.6) is 5.75 Å². The summed E-state index contributed by atoms with van der Waals surface area (Å²) in [7, 11) is -2.47. The Morgan fingerprint density at radius 1 is 1.12 bits per heavy atom. The van der Waals surface area contributed by atoms with E-state index in [1.165, 1.54) is 19.2 Å². The minimum absolute atomic E-state index is 0.0292. The highest BCUT2D eigenvalue weighted by Gasteiger charge is 2.54. The molecule has 1 aliphatic carbocycles. The van der Waals surface area contributed by atoms with Gasteiger partial charge in [-0.15, -0.1) is 0 Å². The molecule has 1 atom stereocenters. The number of hydrogen-bond acceptors (Lipinski definition) is 5. The van der Waals surface area contributed by atoms with Crippen LogP contribution in [0.4, 0.5) is 0 Å². The number of piperazine rings is 1. The van der Waals surface area contributed by atoms with Gasteiger partial charge in [0.15, 0.2) is 0 Å². The molecule has 1 saturated heterocycles. The maximum atomic E-state index is 13.4. The smallest absolute Gasteiger partial charge is 0.247 e. The van der Waals surface area contributed by atoms with Crippen molar-refractivity contribution in [1.29, 1.82) is 0 Å². The SMILES string of the molecule is COc1ccc(S(=O)(=O)N2CC(=O)N(C3CC3)[C@](C)(C(=O)NCc3ccc(C)cc3)C2)cc1. The number of rotatable bonds is 7. The molecule has 2 aromatic carbocycles. The van der Waals surface area contributed by atoms with Gasteiger partial charge in [-0.05, 0) is 56.5 Å². The summed E-state index contributed by atoms with van der Waals surface area (Å²) in [5.41, 5.74) is 0.746. The Balaban J connectivity index is 1.59. The third-order valence-electron chi connectivity index (χ3n) is 6.27. The molecule has 9 heteroatoms. The number of amides is 2. The average molecular weight is 472 g/mol. The van der Waals surface area contributed by atoms with E-state index in [2.05, 4.69) is 5.32 Å². The van der Waals surface area contributed by atoms with E-state index in [4.69, 9.17) is 4.74 Å². The molecular weight excluding hydrogens is 442 g/mol. The van der Waals surface area contributed by atoms with E-state index in [-0.39, 0.29) is 35.8 Å². The molecule has 0 unspecified atom stereocenters. The Bertz CT molecular complexity index is 1140. The summed E-state index contributed by atoms with van der Waals surface area (Å²) < 4.78 is 32.9. The van der Waals surface area contributed by atoms with Crippen LogP contribution >= 0.6 is 0 Å². The van der Waals surface area contributed by atoms with Gasteiger partial charge in [0.2, 0.25) is 21.8 Å². The molecular formula is C24H29N3O5S. The second-order valence-corrected chi connectivity index (χ2v) is 10.8. The van der Waals surface area contributed by atoms with Gasteiger partial charge < -0.3 is 15.0 Å². The molecule has 4 rings (SSSR count). The maximum Gasteiger partial charge on any atom is 0.247 e. The van der Waals surface area contributed by atoms with Gasteiger partial charge in [-0.25, -0.2) is 8.42 Å². The second kappa shape index (κ2) is 8.79. The lowest BCUT2D eigenvalue weighted by molar-refractivity contribution is -0.153. The van der Waals surface area contributed by atoms with Crippen molar-refractivity contribution in [3.05, 3.63) is 59.7 Å². The van der Waals surface area contributed by atoms with Gasteiger partial charge >= 0.3 is 0 Å². The molecule has 2 aromatic rings. The Morgan fingerprint density at radius 3 is 2.33 bits per heavy atom. The number of nitrogens with zero attached hydrogens (tertiary/aromatic N) is 2. The van der Waals surface area contributed by atoms with Crippen molar-refractivity contribution in [3.8, 4) is 5.75 Å². The minimum atomic E-state index is -3.97. The van der Waals surface area contributed by atoms with Gasteiger partial charge in [-0.1, -0.05) is 29.8 Å². The van der Waals surface area contributed by atoms with E-state index in [0.29, 0.717) is 12.3 Å². The number of hydrogen-bond donors (Lipinski definition) is 1. The van der Waals surface area contributed by atoms with Crippen molar-refractivity contribution in [2.45, 2.75) is 49.7 Å². The topological polar surface area (TPSA) is 96.0 Å². The zero-order chi connectivity index (χ0) is 23.8. The Kier molecular flexibility index (Phi) is 6.20. The fourth-order valence-corrected chi connectivity index (χ4v) is 5.72. The van der Waals surface area contributed by atoms with Crippen molar-refractivity contribution < 1.29 is 22.7 Å². The normalized spacial score (nSPS) is 21.7. The number of aryl methyl sites for hydroxylation is 1. The van der Waals surface area contributed by atoms with E-state index in [1.807, 2.05) is 31.2 Å². The molecule has 33 heavy (non-hydrogen) atoms. The Morgan fingerprint density at radius 2 is 1.76 bits per heavy atom. The number of ether oxygens (including phenoxy) is 1. The fourth-order valence-electron chi connectivity index (χ4n) is 4.24. The predicted octanol–water partition coefficient (Wildman–Crippen LogP) is 2.07. The maximum absolute atomic E-state index is 13.4. The highest BCUT2D eigenvalue weighted by molar-refractivity contribution is 7.89. The van der Waals surface area contributed by atoms with Crippen molar-refractivity contribution in [2.75, 3.05) is 20.2 Å². The summed E-state index contributed by atoms with van der Waals surface area (Å²) in [5.74, 6) is -0.185. The fraction of sp³-hybridized carbons (Fsp3) is 0.417. The number of benzene rings is 2. The molecule has 0 radical (unpaired) electrons. The van der Waals surface area contributed by atoms with E-state index < -0.39 is 15.6 Å². The Hall–Kier alpha value is -2.91. The lowest BCUT2D eigenvalue weighted by Gasteiger charge is -2.47. The molecule has 2 aliphatic rings.